The number of hydrogen-bond acceptors (Lipinski definition) is 10. The van der Waals surface area contributed by atoms with Crippen molar-refractivity contribution >= 4 is 40.2 Å². The number of rotatable bonds is 11. The van der Waals surface area contributed by atoms with E-state index in [0.29, 0.717) is 77.6 Å². The van der Waals surface area contributed by atoms with Crippen molar-refractivity contribution in [3.05, 3.63) is 81.3 Å². The highest BCUT2D eigenvalue weighted by atomic mass is 35.5. The number of aliphatic hydroxyl groups excluding tert-OH is 1. The standard InChI is InChI=1S/C36H40ClN7O5/c1-36(2,43-13-11-26(45)12-14-43)19-24(20-38)33(46)41-25-8-6-22(7-9-25)10-15-44-32-23(21-40-35(39-3)42-32)16-29(34(44)47)28-17-27(48-4)18-30(49-5)31(28)37/h6-9,16-19,21,26,45H,10-15H2,1-5H3,(H,41,46)(H,39,40,42). The van der Waals surface area contributed by atoms with Gasteiger partial charge in [-0.1, -0.05) is 23.7 Å². The predicted octanol–water partition coefficient (Wildman–Crippen LogP) is 5.04. The summed E-state index contributed by atoms with van der Waals surface area (Å²) in [7, 11) is 4.73. The molecule has 3 heterocycles. The Morgan fingerprint density at radius 1 is 1.14 bits per heavy atom. The normalized spacial score (nSPS) is 14.4. The number of anilines is 2. The highest BCUT2D eigenvalue weighted by molar-refractivity contribution is 6.35. The van der Waals surface area contributed by atoms with Crippen molar-refractivity contribution in [3.8, 4) is 28.7 Å². The lowest BCUT2D eigenvalue weighted by molar-refractivity contribution is -0.112. The average Bonchev–Trinajstić information content (AvgIpc) is 3.10. The molecule has 2 aromatic carbocycles. The summed E-state index contributed by atoms with van der Waals surface area (Å²) in [4.78, 5) is 38.3. The molecule has 5 rings (SSSR count). The molecule has 2 aromatic heterocycles. The van der Waals surface area contributed by atoms with Crippen LogP contribution in [0.25, 0.3) is 22.2 Å². The number of aryl methyl sites for hydroxylation is 2. The lowest BCUT2D eigenvalue weighted by Crippen LogP contribution is -2.48. The molecule has 0 saturated carbocycles. The van der Waals surface area contributed by atoms with Crippen molar-refractivity contribution < 1.29 is 19.4 Å². The number of pyridine rings is 1. The first-order valence-electron chi connectivity index (χ1n) is 15.9. The number of nitrogens with zero attached hydrogens (tertiary/aromatic N) is 5. The number of halogens is 1. The van der Waals surface area contributed by atoms with E-state index >= 15 is 0 Å². The molecule has 3 N–H and O–H groups in total. The summed E-state index contributed by atoms with van der Waals surface area (Å²) in [5.41, 5.74) is 1.90. The Morgan fingerprint density at radius 2 is 1.86 bits per heavy atom. The van der Waals surface area contributed by atoms with Crippen molar-refractivity contribution in [1.29, 1.82) is 5.26 Å². The molecular weight excluding hydrogens is 646 g/mol. The molecule has 1 amide bonds. The van der Waals surface area contributed by atoms with E-state index in [1.165, 1.54) is 14.2 Å². The maximum atomic E-state index is 14.1. The minimum atomic E-state index is -0.533. The number of carbonyl (C=O) groups is 1. The van der Waals surface area contributed by atoms with Crippen molar-refractivity contribution in [2.45, 2.75) is 51.3 Å². The number of ether oxygens (including phenoxy) is 2. The number of methoxy groups -OCH3 is 2. The number of aliphatic hydroxyl groups is 1. The average molecular weight is 686 g/mol. The summed E-state index contributed by atoms with van der Waals surface area (Å²) in [6.45, 7) is 5.58. The Labute approximate surface area is 290 Å². The van der Waals surface area contributed by atoms with Gasteiger partial charge < -0.3 is 25.2 Å². The van der Waals surface area contributed by atoms with E-state index in [1.54, 1.807) is 54.2 Å². The third kappa shape index (κ3) is 7.86. The summed E-state index contributed by atoms with van der Waals surface area (Å²) < 4.78 is 12.5. The van der Waals surface area contributed by atoms with E-state index in [9.17, 15) is 20.0 Å². The SMILES string of the molecule is CNc1ncc2cc(-c3cc(OC)cc(OC)c3Cl)c(=O)n(CCc3ccc(NC(=O)C(C#N)=CC(C)(C)N4CCC(O)CC4)cc3)c2n1. The molecule has 0 radical (unpaired) electrons. The zero-order chi connectivity index (χ0) is 35.3. The molecule has 0 spiro atoms. The van der Waals surface area contributed by atoms with Gasteiger partial charge >= 0.3 is 0 Å². The first kappa shape index (κ1) is 35.3. The highest BCUT2D eigenvalue weighted by Gasteiger charge is 2.30. The van der Waals surface area contributed by atoms with Gasteiger partial charge in [-0.25, -0.2) is 4.98 Å². The van der Waals surface area contributed by atoms with E-state index in [4.69, 9.17) is 21.1 Å². The minimum absolute atomic E-state index is 0.0167. The fourth-order valence-corrected chi connectivity index (χ4v) is 6.23. The molecule has 1 aliphatic rings. The Hall–Kier alpha value is -4.96. The number of hydrogen-bond donors (Lipinski definition) is 3. The first-order chi connectivity index (χ1) is 23.5. The van der Waals surface area contributed by atoms with Crippen LogP contribution in [0.2, 0.25) is 5.02 Å². The van der Waals surface area contributed by atoms with E-state index in [2.05, 4.69) is 25.5 Å². The smallest absolute Gasteiger partial charge is 0.266 e. The van der Waals surface area contributed by atoms with Crippen LogP contribution in [-0.4, -0.2) is 76.4 Å². The van der Waals surface area contributed by atoms with Crippen molar-refractivity contribution in [1.82, 2.24) is 19.4 Å². The van der Waals surface area contributed by atoms with Gasteiger partial charge in [0.15, 0.2) is 0 Å². The van der Waals surface area contributed by atoms with Crippen LogP contribution in [0.5, 0.6) is 11.5 Å². The van der Waals surface area contributed by atoms with Crippen LogP contribution in [0.4, 0.5) is 11.6 Å². The highest BCUT2D eigenvalue weighted by Crippen LogP contribution is 2.38. The second-order valence-electron chi connectivity index (χ2n) is 12.4. The molecule has 4 aromatic rings. The fraction of sp³-hybridized carbons (Fsp3) is 0.361. The van der Waals surface area contributed by atoms with E-state index < -0.39 is 11.4 Å². The zero-order valence-electron chi connectivity index (χ0n) is 28.2. The number of nitriles is 1. The summed E-state index contributed by atoms with van der Waals surface area (Å²) in [6.07, 6.45) is 4.81. The maximum Gasteiger partial charge on any atom is 0.266 e. The van der Waals surface area contributed by atoms with Crippen molar-refractivity contribution in [2.24, 2.45) is 0 Å². The molecule has 1 fully saturated rings. The molecule has 13 heteroatoms. The van der Waals surface area contributed by atoms with Gasteiger partial charge in [0.1, 0.15) is 28.8 Å². The molecule has 256 valence electrons. The number of nitrogens with one attached hydrogen (secondary N) is 2. The number of likely N-dealkylation sites (tertiary alicyclic amines) is 1. The topological polar surface area (TPSA) is 155 Å². The second-order valence-corrected chi connectivity index (χ2v) is 12.7. The third-order valence-corrected chi connectivity index (χ3v) is 9.18. The number of aromatic nitrogens is 3. The van der Waals surface area contributed by atoms with Crippen LogP contribution in [0.15, 0.2) is 65.1 Å². The van der Waals surface area contributed by atoms with E-state index in [-0.39, 0.29) is 28.8 Å². The molecule has 0 aliphatic carbocycles. The summed E-state index contributed by atoms with van der Waals surface area (Å²) in [5, 5.41) is 26.3. The summed E-state index contributed by atoms with van der Waals surface area (Å²) >= 11 is 6.69. The van der Waals surface area contributed by atoms with Gasteiger partial charge in [0.05, 0.1) is 25.3 Å². The number of carbonyl (C=O) groups excluding carboxylic acids is 1. The second kappa shape index (κ2) is 15.1. The maximum absolute atomic E-state index is 14.1. The van der Waals surface area contributed by atoms with Gasteiger partial charge in [0.25, 0.3) is 11.5 Å². The van der Waals surface area contributed by atoms with Crippen LogP contribution in [0, 0.1) is 11.3 Å². The fourth-order valence-electron chi connectivity index (χ4n) is 5.94. The van der Waals surface area contributed by atoms with Gasteiger partial charge in [0.2, 0.25) is 5.95 Å². The monoisotopic (exact) mass is 685 g/mol. The van der Waals surface area contributed by atoms with E-state index in [1.807, 2.05) is 32.0 Å². The third-order valence-electron chi connectivity index (χ3n) is 8.79. The summed E-state index contributed by atoms with van der Waals surface area (Å²) in [5.74, 6) is 0.737. The van der Waals surface area contributed by atoms with Crippen molar-refractivity contribution in [2.75, 3.05) is 45.0 Å². The van der Waals surface area contributed by atoms with Crippen LogP contribution >= 0.6 is 11.6 Å². The Balaban J connectivity index is 1.38. The molecule has 0 atom stereocenters. The first-order valence-corrected chi connectivity index (χ1v) is 16.3. The zero-order valence-corrected chi connectivity index (χ0v) is 29.0. The van der Waals surface area contributed by atoms with Crippen LogP contribution < -0.4 is 25.7 Å². The summed E-state index contributed by atoms with van der Waals surface area (Å²) in [6, 6.07) is 14.4. The number of piperidine rings is 1. The molecule has 0 unspecified atom stereocenters. The van der Waals surface area contributed by atoms with Crippen LogP contribution in [0.3, 0.4) is 0 Å². The molecule has 49 heavy (non-hydrogen) atoms. The number of fused-ring (bicyclic) bond motifs is 1. The molecule has 1 saturated heterocycles. The largest absolute Gasteiger partial charge is 0.497 e. The van der Waals surface area contributed by atoms with Gasteiger partial charge in [-0.05, 0) is 69.0 Å². The van der Waals surface area contributed by atoms with Crippen LogP contribution in [0.1, 0.15) is 32.3 Å². The van der Waals surface area contributed by atoms with Crippen LogP contribution in [-0.2, 0) is 17.8 Å². The molecule has 12 nitrogen and oxygen atoms in total. The lowest BCUT2D eigenvalue weighted by atomic mass is 9.95. The Kier molecular flexibility index (Phi) is 10.9. The van der Waals surface area contributed by atoms with Gasteiger partial charge in [-0.3, -0.25) is 19.1 Å². The number of amides is 1. The number of benzene rings is 2. The Morgan fingerprint density at radius 3 is 2.49 bits per heavy atom. The van der Waals surface area contributed by atoms with Gasteiger partial charge in [0, 0.05) is 66.7 Å². The Bertz CT molecular complexity index is 1980. The molecule has 1 aliphatic heterocycles. The lowest BCUT2D eigenvalue weighted by Gasteiger charge is -2.40. The van der Waals surface area contributed by atoms with Crippen molar-refractivity contribution in [3.63, 3.8) is 0 Å². The van der Waals surface area contributed by atoms with Gasteiger partial charge in [-0.15, -0.1) is 0 Å². The molecule has 0 bridgehead atoms. The minimum Gasteiger partial charge on any atom is -0.497 e. The predicted molar refractivity (Wildman–Crippen MR) is 190 cm³/mol. The molecular formula is C36H40ClN7O5. The quantitative estimate of drug-likeness (QED) is 0.145. The van der Waals surface area contributed by atoms with Gasteiger partial charge in [-0.2, -0.15) is 10.2 Å². The van der Waals surface area contributed by atoms with E-state index in [0.717, 1.165) is 5.56 Å².